The van der Waals surface area contributed by atoms with E-state index in [1.165, 1.54) is 70.8 Å². The van der Waals surface area contributed by atoms with Crippen molar-refractivity contribution < 1.29 is 0 Å². The van der Waals surface area contributed by atoms with Crippen molar-refractivity contribution in [1.82, 2.24) is 10.2 Å². The summed E-state index contributed by atoms with van der Waals surface area (Å²) in [5.41, 5.74) is 0. The van der Waals surface area contributed by atoms with Crippen LogP contribution in [0.5, 0.6) is 0 Å². The van der Waals surface area contributed by atoms with Gasteiger partial charge in [-0.3, -0.25) is 4.90 Å². The van der Waals surface area contributed by atoms with E-state index >= 15 is 0 Å². The summed E-state index contributed by atoms with van der Waals surface area (Å²) in [5.74, 6) is 1.01. The van der Waals surface area contributed by atoms with Gasteiger partial charge in [-0.15, -0.1) is 0 Å². The summed E-state index contributed by atoms with van der Waals surface area (Å²) in [6.45, 7) is 1.22. The van der Waals surface area contributed by atoms with Gasteiger partial charge in [0, 0.05) is 18.1 Å². The molecule has 0 amide bonds. The Kier molecular flexibility index (Phi) is 4.25. The lowest BCUT2D eigenvalue weighted by molar-refractivity contribution is 0.0404. The first-order chi connectivity index (χ1) is 8.88. The van der Waals surface area contributed by atoms with Gasteiger partial charge in [0.05, 0.1) is 0 Å². The number of hydrogen-bond donors (Lipinski definition) is 1. The molecule has 2 unspecified atom stereocenters. The summed E-state index contributed by atoms with van der Waals surface area (Å²) in [6, 6.07) is 2.86. The van der Waals surface area contributed by atoms with Crippen LogP contribution in [0.2, 0.25) is 0 Å². The second-order valence-electron chi connectivity index (χ2n) is 6.85. The van der Waals surface area contributed by atoms with Gasteiger partial charge in [0.25, 0.3) is 0 Å². The average molecular weight is 250 g/mol. The van der Waals surface area contributed by atoms with Gasteiger partial charge in [-0.1, -0.05) is 19.3 Å². The van der Waals surface area contributed by atoms with Crippen molar-refractivity contribution in [2.45, 2.75) is 82.3 Å². The third kappa shape index (κ3) is 2.60. The second kappa shape index (κ2) is 5.92. The van der Waals surface area contributed by atoms with E-state index in [1.54, 1.807) is 0 Å². The zero-order chi connectivity index (χ0) is 12.4. The maximum Gasteiger partial charge on any atom is 0.0104 e. The Morgan fingerprint density at radius 1 is 0.889 bits per heavy atom. The highest BCUT2D eigenvalue weighted by molar-refractivity contribution is 4.98. The maximum atomic E-state index is 3.33. The molecule has 1 N–H and O–H groups in total. The summed E-state index contributed by atoms with van der Waals surface area (Å²) in [5, 5.41) is 3.33. The van der Waals surface area contributed by atoms with E-state index in [9.17, 15) is 0 Å². The molecule has 104 valence electrons. The third-order valence-electron chi connectivity index (χ3n) is 5.69. The van der Waals surface area contributed by atoms with Crippen LogP contribution in [0.3, 0.4) is 0 Å². The van der Waals surface area contributed by atoms with Crippen LogP contribution >= 0.6 is 0 Å². The van der Waals surface area contributed by atoms with E-state index < -0.39 is 0 Å². The molecule has 0 spiro atoms. The molecule has 2 heterocycles. The summed E-state index contributed by atoms with van der Waals surface area (Å²) < 4.78 is 0. The number of rotatable bonds is 4. The lowest BCUT2D eigenvalue weighted by Gasteiger charge is -2.45. The number of nitrogens with one attached hydrogen (secondary N) is 1. The van der Waals surface area contributed by atoms with Crippen LogP contribution in [-0.2, 0) is 0 Å². The fraction of sp³-hybridized carbons (Fsp3) is 1.00. The Morgan fingerprint density at radius 3 is 2.17 bits per heavy atom. The molecule has 2 bridgehead atoms. The SMILES string of the molecule is CNCCC1CC2CCC(C1)N2C1CCCCC1. The van der Waals surface area contributed by atoms with Gasteiger partial charge in [0.1, 0.15) is 0 Å². The van der Waals surface area contributed by atoms with E-state index in [2.05, 4.69) is 17.3 Å². The normalized spacial score (nSPS) is 38.2. The van der Waals surface area contributed by atoms with Gasteiger partial charge < -0.3 is 5.32 Å². The molecule has 1 saturated carbocycles. The number of hydrogen-bond acceptors (Lipinski definition) is 2. The molecule has 1 aliphatic carbocycles. The van der Waals surface area contributed by atoms with Crippen molar-refractivity contribution in [2.75, 3.05) is 13.6 Å². The molecule has 2 aliphatic heterocycles. The second-order valence-corrected chi connectivity index (χ2v) is 6.85. The smallest absolute Gasteiger partial charge is 0.0104 e. The molecule has 0 radical (unpaired) electrons. The van der Waals surface area contributed by atoms with Crippen molar-refractivity contribution in [2.24, 2.45) is 5.92 Å². The van der Waals surface area contributed by atoms with Gasteiger partial charge in [-0.25, -0.2) is 0 Å². The third-order valence-corrected chi connectivity index (χ3v) is 5.69. The van der Waals surface area contributed by atoms with Gasteiger partial charge in [-0.05, 0) is 64.5 Å². The largest absolute Gasteiger partial charge is 0.320 e. The molecule has 2 nitrogen and oxygen atoms in total. The predicted octanol–water partition coefficient (Wildman–Crippen LogP) is 3.17. The Balaban J connectivity index is 1.58. The van der Waals surface area contributed by atoms with E-state index in [1.807, 2.05) is 0 Å². The Bertz CT molecular complexity index is 246. The van der Waals surface area contributed by atoms with Crippen LogP contribution in [0.15, 0.2) is 0 Å². The summed E-state index contributed by atoms with van der Waals surface area (Å²) in [6.07, 6.45) is 14.8. The molecule has 3 rings (SSSR count). The van der Waals surface area contributed by atoms with Gasteiger partial charge in [0.15, 0.2) is 0 Å². The first kappa shape index (κ1) is 12.9. The first-order valence-corrected chi connectivity index (χ1v) is 8.30. The van der Waals surface area contributed by atoms with Crippen LogP contribution < -0.4 is 5.32 Å². The van der Waals surface area contributed by atoms with E-state index in [0.29, 0.717) is 0 Å². The zero-order valence-electron chi connectivity index (χ0n) is 12.0. The number of nitrogens with zero attached hydrogens (tertiary/aromatic N) is 1. The monoisotopic (exact) mass is 250 g/mol. The molecule has 2 heteroatoms. The molecule has 2 saturated heterocycles. The molecule has 2 atom stereocenters. The topological polar surface area (TPSA) is 15.3 Å². The summed E-state index contributed by atoms with van der Waals surface area (Å²) >= 11 is 0. The van der Waals surface area contributed by atoms with Crippen LogP contribution in [0.1, 0.15) is 64.2 Å². The fourth-order valence-electron chi connectivity index (χ4n) is 4.89. The van der Waals surface area contributed by atoms with Gasteiger partial charge >= 0.3 is 0 Å². The van der Waals surface area contributed by atoms with E-state index in [-0.39, 0.29) is 0 Å². The fourth-order valence-corrected chi connectivity index (χ4v) is 4.89. The molecule has 0 aromatic carbocycles. The predicted molar refractivity (Wildman–Crippen MR) is 76.8 cm³/mol. The highest BCUT2D eigenvalue weighted by atomic mass is 15.2. The quantitative estimate of drug-likeness (QED) is 0.824. The lowest BCUT2D eigenvalue weighted by Crippen LogP contribution is -2.49. The van der Waals surface area contributed by atoms with Crippen molar-refractivity contribution in [3.8, 4) is 0 Å². The standard InChI is InChI=1S/C16H30N2/c1-17-10-9-13-11-15-7-8-16(12-13)18(15)14-5-3-2-4-6-14/h13-17H,2-12H2,1H3. The zero-order valence-corrected chi connectivity index (χ0v) is 12.0. The summed E-state index contributed by atoms with van der Waals surface area (Å²) in [7, 11) is 2.09. The molecule has 18 heavy (non-hydrogen) atoms. The van der Waals surface area contributed by atoms with Crippen molar-refractivity contribution >= 4 is 0 Å². The van der Waals surface area contributed by atoms with Crippen LogP contribution in [-0.4, -0.2) is 36.6 Å². The van der Waals surface area contributed by atoms with Crippen molar-refractivity contribution in [3.05, 3.63) is 0 Å². The van der Waals surface area contributed by atoms with Gasteiger partial charge in [0.2, 0.25) is 0 Å². The Morgan fingerprint density at radius 2 is 1.56 bits per heavy atom. The molecule has 3 fully saturated rings. The van der Waals surface area contributed by atoms with Crippen molar-refractivity contribution in [3.63, 3.8) is 0 Å². The minimum absolute atomic E-state index is 0.953. The lowest BCUT2D eigenvalue weighted by atomic mass is 9.84. The molecule has 0 aromatic heterocycles. The van der Waals surface area contributed by atoms with Gasteiger partial charge in [-0.2, -0.15) is 0 Å². The van der Waals surface area contributed by atoms with Crippen LogP contribution in [0, 0.1) is 5.92 Å². The van der Waals surface area contributed by atoms with Crippen molar-refractivity contribution in [1.29, 1.82) is 0 Å². The molecule has 0 aromatic rings. The highest BCUT2D eigenvalue weighted by Crippen LogP contribution is 2.43. The average Bonchev–Trinajstić information content (AvgIpc) is 2.69. The maximum absolute atomic E-state index is 3.33. The number of piperidine rings is 1. The number of fused-ring (bicyclic) bond motifs is 2. The minimum atomic E-state index is 0.953. The highest BCUT2D eigenvalue weighted by Gasteiger charge is 2.43. The van der Waals surface area contributed by atoms with E-state index in [4.69, 9.17) is 0 Å². The summed E-state index contributed by atoms with van der Waals surface area (Å²) in [4.78, 5) is 2.98. The van der Waals surface area contributed by atoms with Crippen LogP contribution in [0.4, 0.5) is 0 Å². The first-order valence-electron chi connectivity index (χ1n) is 8.30. The Labute approximate surface area is 113 Å². The molecular formula is C16H30N2. The van der Waals surface area contributed by atoms with Crippen LogP contribution in [0.25, 0.3) is 0 Å². The molecular weight excluding hydrogens is 220 g/mol. The van der Waals surface area contributed by atoms with E-state index in [0.717, 1.165) is 24.0 Å². The minimum Gasteiger partial charge on any atom is -0.320 e. The molecule has 3 aliphatic rings. The Hall–Kier alpha value is -0.0800.